The molecular weight excluding hydrogens is 161 g/mol. The largest absolute Gasteiger partial charge is 0.320 e. The van der Waals surface area contributed by atoms with Crippen LogP contribution in [-0.4, -0.2) is 0 Å². The van der Waals surface area contributed by atoms with Crippen LogP contribution in [0.25, 0.3) is 0 Å². The van der Waals surface area contributed by atoms with Gasteiger partial charge >= 0.3 is 0 Å². The van der Waals surface area contributed by atoms with Gasteiger partial charge in [0.2, 0.25) is 0 Å². The molecule has 0 saturated carbocycles. The zero-order valence-electron chi connectivity index (χ0n) is 5.49. The van der Waals surface area contributed by atoms with E-state index in [0.717, 1.165) is 0 Å². The van der Waals surface area contributed by atoms with E-state index in [-0.39, 0.29) is 32.7 Å². The maximum Gasteiger partial charge on any atom is 0 e. The van der Waals surface area contributed by atoms with Gasteiger partial charge in [0, 0.05) is 32.7 Å². The van der Waals surface area contributed by atoms with Crippen molar-refractivity contribution in [1.29, 1.82) is 0 Å². The van der Waals surface area contributed by atoms with Gasteiger partial charge in [0.05, 0.1) is 0 Å². The van der Waals surface area contributed by atoms with E-state index in [2.05, 4.69) is 20.8 Å². The molecule has 0 N–H and O–H groups in total. The molecule has 0 aliphatic heterocycles. The van der Waals surface area contributed by atoms with Gasteiger partial charge in [0.25, 0.3) is 0 Å². The summed E-state index contributed by atoms with van der Waals surface area (Å²) in [6, 6.07) is 0. The molecule has 0 rings (SSSR count). The summed E-state index contributed by atoms with van der Waals surface area (Å²) < 4.78 is 0. The summed E-state index contributed by atoms with van der Waals surface area (Å²) in [6.45, 7) is 6.54. The Kier molecular flexibility index (Phi) is 11.1. The van der Waals surface area contributed by atoms with Gasteiger partial charge in [-0.25, -0.2) is 0 Å². The summed E-state index contributed by atoms with van der Waals surface area (Å²) in [5.41, 5.74) is 0. The smallest absolute Gasteiger partial charge is 0 e. The first-order valence-corrected chi connectivity index (χ1v) is 2.56. The zero-order valence-corrected chi connectivity index (χ0v) is 8.33. The number of rotatable bonds is 2. The molecule has 0 unspecified atom stereocenters. The van der Waals surface area contributed by atoms with Crippen molar-refractivity contribution in [3.63, 3.8) is 0 Å². The second-order valence-electron chi connectivity index (χ2n) is 1.96. The molecule has 1 radical (unpaired) electrons. The van der Waals surface area contributed by atoms with E-state index in [1.165, 1.54) is 18.8 Å². The zero-order chi connectivity index (χ0) is 4.99. The second-order valence-corrected chi connectivity index (χ2v) is 1.96. The minimum Gasteiger partial charge on any atom is -0.320 e. The first-order valence-electron chi connectivity index (χ1n) is 2.56. The predicted molar refractivity (Wildman–Crippen MR) is 29.5 cm³/mol. The van der Waals surface area contributed by atoms with E-state index < -0.39 is 0 Å². The molecule has 0 heterocycles. The molecule has 0 aliphatic rings. The Hall–Kier alpha value is 1.10. The van der Waals surface area contributed by atoms with Crippen molar-refractivity contribution in [2.24, 2.45) is 0 Å². The molecule has 0 nitrogen and oxygen atoms in total. The van der Waals surface area contributed by atoms with Gasteiger partial charge < -0.3 is 5.92 Å². The van der Waals surface area contributed by atoms with Crippen LogP contribution in [0.15, 0.2) is 0 Å². The molecule has 0 aromatic rings. The van der Waals surface area contributed by atoms with Gasteiger partial charge in [0.15, 0.2) is 0 Å². The third-order valence-corrected chi connectivity index (χ3v) is 0.750. The van der Waals surface area contributed by atoms with Crippen molar-refractivity contribution in [3.05, 3.63) is 5.92 Å². The molecule has 0 aromatic carbocycles. The van der Waals surface area contributed by atoms with Crippen LogP contribution in [0.1, 0.15) is 33.6 Å². The Morgan fingerprint density at radius 1 is 1.29 bits per heavy atom. The predicted octanol–water partition coefficient (Wildman–Crippen LogP) is 2.40. The fraction of sp³-hybridized carbons (Fsp3) is 0.833. The maximum absolute atomic E-state index is 2.20. The van der Waals surface area contributed by atoms with Crippen molar-refractivity contribution in [3.8, 4) is 0 Å². The Morgan fingerprint density at radius 3 is 1.71 bits per heavy atom. The standard InChI is InChI=1S/C6H13.Y/c1-4-5-6(2)3;/h4-5H2,1-3H3;/q-1;. The van der Waals surface area contributed by atoms with Gasteiger partial charge in [-0.3, -0.25) is 0 Å². The summed E-state index contributed by atoms with van der Waals surface area (Å²) in [4.78, 5) is 0. The maximum atomic E-state index is 2.20. The third-order valence-electron chi connectivity index (χ3n) is 0.750. The normalized spacial score (nSPS) is 8.57. The number of hydrogen-bond donors (Lipinski definition) is 0. The molecule has 0 amide bonds. The molecule has 0 spiro atoms. The van der Waals surface area contributed by atoms with Crippen LogP contribution in [0.5, 0.6) is 0 Å². The summed E-state index contributed by atoms with van der Waals surface area (Å²) >= 11 is 0. The van der Waals surface area contributed by atoms with Crippen molar-refractivity contribution < 1.29 is 32.7 Å². The first-order chi connectivity index (χ1) is 2.77. The fourth-order valence-electron chi connectivity index (χ4n) is 0.500. The van der Waals surface area contributed by atoms with E-state index in [1.54, 1.807) is 0 Å². The van der Waals surface area contributed by atoms with E-state index in [9.17, 15) is 0 Å². The van der Waals surface area contributed by atoms with Crippen molar-refractivity contribution >= 4 is 0 Å². The van der Waals surface area contributed by atoms with E-state index in [4.69, 9.17) is 0 Å². The summed E-state index contributed by atoms with van der Waals surface area (Å²) in [6.07, 6.45) is 2.59. The molecule has 0 aromatic heterocycles. The average Bonchev–Trinajstić information content (AvgIpc) is 1.35. The average molecular weight is 174 g/mol. The van der Waals surface area contributed by atoms with Crippen molar-refractivity contribution in [2.75, 3.05) is 0 Å². The Labute approximate surface area is 71.9 Å². The minimum absolute atomic E-state index is 0. The molecule has 1 heteroatoms. The van der Waals surface area contributed by atoms with Crippen LogP contribution in [0.2, 0.25) is 0 Å². The van der Waals surface area contributed by atoms with Crippen LogP contribution in [-0.2, 0) is 32.7 Å². The SMILES string of the molecule is CCC[C-](C)C.[Y]. The summed E-state index contributed by atoms with van der Waals surface area (Å²) in [7, 11) is 0. The molecule has 0 saturated heterocycles. The Balaban J connectivity index is 0. The Bertz CT molecular complexity index is 25.4. The van der Waals surface area contributed by atoms with Gasteiger partial charge in [-0.2, -0.15) is 20.3 Å². The molecule has 7 heavy (non-hydrogen) atoms. The van der Waals surface area contributed by atoms with Crippen molar-refractivity contribution in [2.45, 2.75) is 33.6 Å². The monoisotopic (exact) mass is 174 g/mol. The molecule has 0 bridgehead atoms. The summed E-state index contributed by atoms with van der Waals surface area (Å²) in [5.74, 6) is 1.54. The van der Waals surface area contributed by atoms with Crippen LogP contribution in [0.3, 0.4) is 0 Å². The van der Waals surface area contributed by atoms with Crippen LogP contribution in [0, 0.1) is 5.92 Å². The van der Waals surface area contributed by atoms with E-state index in [0.29, 0.717) is 0 Å². The van der Waals surface area contributed by atoms with Crippen LogP contribution >= 0.6 is 0 Å². The van der Waals surface area contributed by atoms with Gasteiger partial charge in [-0.1, -0.05) is 13.3 Å². The summed E-state index contributed by atoms with van der Waals surface area (Å²) in [5, 5.41) is 0. The quantitative estimate of drug-likeness (QED) is 0.564. The molecule has 0 atom stereocenters. The molecular formula is C6H13Y-. The van der Waals surface area contributed by atoms with Gasteiger partial charge in [-0.15, -0.1) is 0 Å². The minimum atomic E-state index is 0. The first kappa shape index (κ1) is 11.0. The number of hydrogen-bond acceptors (Lipinski definition) is 0. The van der Waals surface area contributed by atoms with Crippen molar-refractivity contribution in [1.82, 2.24) is 0 Å². The van der Waals surface area contributed by atoms with Crippen LogP contribution in [0.4, 0.5) is 0 Å². The fourth-order valence-corrected chi connectivity index (χ4v) is 0.500. The Morgan fingerprint density at radius 2 is 1.71 bits per heavy atom. The van der Waals surface area contributed by atoms with E-state index in [1.807, 2.05) is 0 Å². The molecule has 41 valence electrons. The van der Waals surface area contributed by atoms with Gasteiger partial charge in [0.1, 0.15) is 0 Å². The van der Waals surface area contributed by atoms with Crippen LogP contribution < -0.4 is 0 Å². The van der Waals surface area contributed by atoms with Gasteiger partial charge in [-0.05, 0) is 0 Å². The van der Waals surface area contributed by atoms with E-state index >= 15 is 0 Å². The third kappa shape index (κ3) is 11.0. The molecule has 0 aliphatic carbocycles. The second kappa shape index (κ2) is 7.10. The topological polar surface area (TPSA) is 0 Å². The molecule has 0 fully saturated rings.